The van der Waals surface area contributed by atoms with Crippen molar-refractivity contribution in [2.24, 2.45) is 0 Å². The van der Waals surface area contributed by atoms with Crippen LogP contribution in [0.3, 0.4) is 0 Å². The summed E-state index contributed by atoms with van der Waals surface area (Å²) in [6.07, 6.45) is 0. The molecule has 3 aliphatic carbocycles. The summed E-state index contributed by atoms with van der Waals surface area (Å²) < 4.78 is 0. The van der Waals surface area contributed by atoms with Gasteiger partial charge in [0.2, 0.25) is 17.8 Å². The number of hydrogen-bond donors (Lipinski definition) is 3. The van der Waals surface area contributed by atoms with E-state index in [0.717, 1.165) is 0 Å². The van der Waals surface area contributed by atoms with Crippen LogP contribution in [0, 0.1) is 0 Å². The number of carbonyl (C=O) groups is 6. The van der Waals surface area contributed by atoms with E-state index in [-0.39, 0.29) is 120 Å². The van der Waals surface area contributed by atoms with Crippen molar-refractivity contribution in [3.63, 3.8) is 0 Å². The van der Waals surface area contributed by atoms with Crippen LogP contribution in [0.4, 0.5) is 34.9 Å². The first-order valence-corrected chi connectivity index (χ1v) is 17.8. The molecule has 0 atom stereocenters. The molecule has 3 aliphatic rings. The first-order valence-electron chi connectivity index (χ1n) is 17.8. The number of ketones is 6. The Morgan fingerprint density at radius 1 is 0.263 bits per heavy atom. The Kier molecular flexibility index (Phi) is 7.41. The third-order valence-electron chi connectivity index (χ3n) is 10.2. The van der Waals surface area contributed by atoms with Crippen molar-refractivity contribution in [3.05, 3.63) is 194 Å². The molecule has 1 aromatic heterocycles. The highest BCUT2D eigenvalue weighted by molar-refractivity contribution is 6.32. The number of anilines is 6. The minimum atomic E-state index is -0.368. The van der Waals surface area contributed by atoms with Gasteiger partial charge < -0.3 is 16.0 Å². The summed E-state index contributed by atoms with van der Waals surface area (Å²) in [6, 6.07) is 34.2. The smallest absolute Gasteiger partial charge is 0.233 e. The number of rotatable bonds is 6. The molecular formula is C45H24N6O6. The predicted molar refractivity (Wildman–Crippen MR) is 209 cm³/mol. The van der Waals surface area contributed by atoms with Crippen LogP contribution in [0.1, 0.15) is 95.5 Å². The second-order valence-corrected chi connectivity index (χ2v) is 13.5. The van der Waals surface area contributed by atoms with Gasteiger partial charge in [-0.1, -0.05) is 109 Å². The minimum Gasteiger partial charge on any atom is -0.323 e. The quantitative estimate of drug-likeness (QED) is 0.154. The molecule has 3 N–H and O–H groups in total. The summed E-state index contributed by atoms with van der Waals surface area (Å²) in [7, 11) is 0. The molecule has 1 heterocycles. The third kappa shape index (κ3) is 5.19. The summed E-state index contributed by atoms with van der Waals surface area (Å²) in [5.41, 5.74) is 3.40. The largest absolute Gasteiger partial charge is 0.323 e. The Bertz CT molecular complexity index is 2690. The number of nitrogens with one attached hydrogen (secondary N) is 3. The second-order valence-electron chi connectivity index (χ2n) is 13.5. The average molecular weight is 745 g/mol. The van der Waals surface area contributed by atoms with Gasteiger partial charge in [0.15, 0.2) is 34.7 Å². The number of hydrogen-bond acceptors (Lipinski definition) is 12. The van der Waals surface area contributed by atoms with E-state index in [2.05, 4.69) is 30.9 Å². The van der Waals surface area contributed by atoms with E-state index in [1.807, 2.05) is 0 Å². The Morgan fingerprint density at radius 3 is 0.754 bits per heavy atom. The van der Waals surface area contributed by atoms with Crippen molar-refractivity contribution in [1.29, 1.82) is 0 Å². The molecule has 0 amide bonds. The van der Waals surface area contributed by atoms with Crippen LogP contribution >= 0.6 is 0 Å². The van der Waals surface area contributed by atoms with Crippen LogP contribution in [0.5, 0.6) is 0 Å². The first-order chi connectivity index (χ1) is 27.8. The highest BCUT2D eigenvalue weighted by Gasteiger charge is 2.34. The van der Waals surface area contributed by atoms with Gasteiger partial charge >= 0.3 is 0 Å². The number of fused-ring (bicyclic) bond motifs is 6. The Balaban J connectivity index is 1.09. The Labute approximate surface area is 322 Å². The summed E-state index contributed by atoms with van der Waals surface area (Å²) in [5, 5.41) is 9.27. The molecule has 0 bridgehead atoms. The topological polar surface area (TPSA) is 177 Å². The highest BCUT2D eigenvalue weighted by atomic mass is 16.2. The van der Waals surface area contributed by atoms with Crippen molar-refractivity contribution in [2.45, 2.75) is 0 Å². The van der Waals surface area contributed by atoms with E-state index < -0.39 is 0 Å². The predicted octanol–water partition coefficient (Wildman–Crippen LogP) is 7.43. The van der Waals surface area contributed by atoms with Crippen LogP contribution in [0.15, 0.2) is 127 Å². The lowest BCUT2D eigenvalue weighted by Crippen LogP contribution is -2.23. The second kappa shape index (κ2) is 12.7. The van der Waals surface area contributed by atoms with Gasteiger partial charge in [0.25, 0.3) is 0 Å². The SMILES string of the molecule is O=C1c2ccccc2C(=O)c2c(Nc3nc(Nc4cccc5c4C(=O)c4ccccc4C5=O)nc(Nc4cccc5c4C(=O)c4ccccc4C5=O)n3)cccc21. The van der Waals surface area contributed by atoms with E-state index >= 15 is 0 Å². The summed E-state index contributed by atoms with van der Waals surface area (Å²) >= 11 is 0. The fourth-order valence-corrected chi connectivity index (χ4v) is 7.65. The van der Waals surface area contributed by atoms with Gasteiger partial charge in [0.05, 0.1) is 33.8 Å². The van der Waals surface area contributed by atoms with Crippen LogP contribution < -0.4 is 16.0 Å². The van der Waals surface area contributed by atoms with E-state index in [1.165, 1.54) is 0 Å². The lowest BCUT2D eigenvalue weighted by atomic mass is 9.83. The summed E-state index contributed by atoms with van der Waals surface area (Å²) in [4.78, 5) is 95.9. The zero-order chi connectivity index (χ0) is 38.9. The zero-order valence-electron chi connectivity index (χ0n) is 29.4. The maximum Gasteiger partial charge on any atom is 0.233 e. The van der Waals surface area contributed by atoms with Gasteiger partial charge in [-0.2, -0.15) is 15.0 Å². The van der Waals surface area contributed by atoms with Crippen LogP contribution in [0.25, 0.3) is 0 Å². The number of nitrogens with zero attached hydrogens (tertiary/aromatic N) is 3. The molecule has 6 aromatic carbocycles. The fraction of sp³-hybridized carbons (Fsp3) is 0. The van der Waals surface area contributed by atoms with Crippen molar-refractivity contribution in [1.82, 2.24) is 15.0 Å². The van der Waals surface area contributed by atoms with Crippen LogP contribution in [0.2, 0.25) is 0 Å². The van der Waals surface area contributed by atoms with Gasteiger partial charge in [-0.05, 0) is 18.2 Å². The summed E-state index contributed by atoms with van der Waals surface area (Å²) in [5.74, 6) is -2.29. The van der Waals surface area contributed by atoms with Crippen molar-refractivity contribution in [3.8, 4) is 0 Å². The van der Waals surface area contributed by atoms with E-state index in [0.29, 0.717) is 16.7 Å². The molecule has 270 valence electrons. The molecule has 0 unspecified atom stereocenters. The monoisotopic (exact) mass is 744 g/mol. The van der Waals surface area contributed by atoms with Crippen molar-refractivity contribution >= 4 is 69.6 Å². The van der Waals surface area contributed by atoms with Gasteiger partial charge in [-0.15, -0.1) is 0 Å². The van der Waals surface area contributed by atoms with Gasteiger partial charge in [-0.3, -0.25) is 28.8 Å². The van der Waals surface area contributed by atoms with E-state index in [1.54, 1.807) is 127 Å². The molecule has 0 radical (unpaired) electrons. The van der Waals surface area contributed by atoms with Crippen molar-refractivity contribution in [2.75, 3.05) is 16.0 Å². The molecule has 0 saturated heterocycles. The number of carbonyl (C=O) groups excluding carboxylic acids is 6. The molecule has 0 fully saturated rings. The molecule has 0 aliphatic heterocycles. The standard InChI is InChI=1S/C45H24N6O6/c52-37-22-10-1-4-13-25(22)40(55)34-28(37)16-7-19-31(34)46-43-49-44(47-32-20-8-17-29-35(32)41(56)26-14-5-2-11-23(26)38(29)53)51-45(50-43)48-33-21-9-18-30-36(33)42(57)27-15-6-3-12-24(27)39(30)54/h1-21H,(H3,46,47,48,49,50,51). The normalized spacial score (nSPS) is 13.5. The molecule has 7 aromatic rings. The van der Waals surface area contributed by atoms with Crippen LogP contribution in [-0.4, -0.2) is 49.7 Å². The van der Waals surface area contributed by atoms with E-state index in [9.17, 15) is 28.8 Å². The van der Waals surface area contributed by atoms with Gasteiger partial charge in [0.1, 0.15) is 0 Å². The third-order valence-corrected chi connectivity index (χ3v) is 10.2. The number of benzene rings is 6. The van der Waals surface area contributed by atoms with E-state index in [4.69, 9.17) is 0 Å². The average Bonchev–Trinajstić information content (AvgIpc) is 3.23. The molecule has 0 spiro atoms. The molecular weight excluding hydrogens is 721 g/mol. The number of aromatic nitrogens is 3. The minimum absolute atomic E-state index is 0.0856. The lowest BCUT2D eigenvalue weighted by Gasteiger charge is -2.22. The van der Waals surface area contributed by atoms with Gasteiger partial charge in [-0.25, -0.2) is 0 Å². The van der Waals surface area contributed by atoms with Gasteiger partial charge in [0, 0.05) is 50.1 Å². The fourth-order valence-electron chi connectivity index (χ4n) is 7.65. The maximum absolute atomic E-state index is 13.9. The molecule has 10 rings (SSSR count). The van der Waals surface area contributed by atoms with Crippen LogP contribution in [-0.2, 0) is 0 Å². The van der Waals surface area contributed by atoms with Crippen molar-refractivity contribution < 1.29 is 28.8 Å². The lowest BCUT2D eigenvalue weighted by molar-refractivity contribution is 0.0979. The Morgan fingerprint density at radius 2 is 0.491 bits per heavy atom. The maximum atomic E-state index is 13.9. The molecule has 57 heavy (non-hydrogen) atoms. The molecule has 12 nitrogen and oxygen atoms in total. The first kappa shape index (κ1) is 33.3. The highest BCUT2D eigenvalue weighted by Crippen LogP contribution is 2.37. The Hall–Kier alpha value is -8.25. The summed E-state index contributed by atoms with van der Waals surface area (Å²) in [6.45, 7) is 0. The molecule has 0 saturated carbocycles. The zero-order valence-corrected chi connectivity index (χ0v) is 29.4. The molecule has 12 heteroatoms.